The van der Waals surface area contributed by atoms with Crippen LogP contribution in [-0.4, -0.2) is 63.0 Å². The second kappa shape index (κ2) is 31.3. The van der Waals surface area contributed by atoms with Gasteiger partial charge >= 0.3 is 124 Å². The molecule has 0 aliphatic heterocycles. The predicted octanol–water partition coefficient (Wildman–Crippen LogP) is 3.84. The fourth-order valence-electron chi connectivity index (χ4n) is 1.74. The fraction of sp³-hybridized carbons (Fsp3) is 1.00. The van der Waals surface area contributed by atoms with Crippen LogP contribution in [-0.2, 0) is 20.8 Å². The molecule has 0 heterocycles. The van der Waals surface area contributed by atoms with E-state index >= 15 is 0 Å². The number of hydrogen-bond donors (Lipinski definition) is 8. The zero-order valence-corrected chi connectivity index (χ0v) is 20.5. The van der Waals surface area contributed by atoms with Crippen LogP contribution in [0.4, 0.5) is 0 Å². The van der Waals surface area contributed by atoms with Crippen LogP contribution >= 0.6 is 0 Å². The Bertz CT molecular complexity index is 383. The molecule has 0 aromatic rings. The first-order valence-corrected chi connectivity index (χ1v) is 12.0. The van der Waals surface area contributed by atoms with Gasteiger partial charge in [-0.1, -0.05) is 0 Å². The first kappa shape index (κ1) is 46.0. The molecule has 170 valence electrons. The average molecular weight is 457 g/mol. The molecule has 0 aromatic heterocycles. The maximum absolute atomic E-state index is 8.74. The molecule has 0 aromatic carbocycles. The van der Waals surface area contributed by atoms with E-state index in [1.54, 1.807) is 0 Å². The van der Waals surface area contributed by atoms with E-state index in [9.17, 15) is 0 Å². The zero-order valence-electron chi connectivity index (χ0n) is 16.8. The largest absolute Gasteiger partial charge is 0.394 e. The van der Waals surface area contributed by atoms with Crippen molar-refractivity contribution in [3.8, 4) is 0 Å². The van der Waals surface area contributed by atoms with Crippen molar-refractivity contribution in [1.82, 2.24) is 24.6 Å². The summed E-state index contributed by atoms with van der Waals surface area (Å²) in [5.41, 5.74) is 0. The molecule has 0 unspecified atom stereocenters. The minimum Gasteiger partial charge on any atom is -0.344 e. The molecule has 16 N–H and O–H groups in total. The number of rotatable bonds is 10. The maximum Gasteiger partial charge on any atom is 0.394 e. The zero-order chi connectivity index (χ0) is 18.8. The van der Waals surface area contributed by atoms with Gasteiger partial charge in [-0.25, -0.2) is 0 Å². The van der Waals surface area contributed by atoms with Gasteiger partial charge in [0, 0.05) is 0 Å². The molecule has 0 saturated heterocycles. The predicted molar refractivity (Wildman–Crippen MR) is 111 cm³/mol. The van der Waals surface area contributed by atoms with Gasteiger partial charge in [0.15, 0.2) is 0 Å². The summed E-state index contributed by atoms with van der Waals surface area (Å²) in [7, 11) is -9.33. The molecule has 0 aliphatic rings. The topological polar surface area (TPSA) is 289 Å². The van der Waals surface area contributed by atoms with Crippen molar-refractivity contribution < 1.29 is 35.0 Å². The molecule has 15 heteroatoms. The van der Waals surface area contributed by atoms with Crippen molar-refractivity contribution in [3.63, 3.8) is 0 Å². The summed E-state index contributed by atoms with van der Waals surface area (Å²) in [5, 5.41) is 0. The minimum absolute atomic E-state index is 0. The van der Waals surface area contributed by atoms with Gasteiger partial charge < -0.3 is 24.6 Å². The summed E-state index contributed by atoms with van der Waals surface area (Å²) in [6, 6.07) is 0. The van der Waals surface area contributed by atoms with E-state index in [4.69, 9.17) is 35.0 Å². The Balaban J connectivity index is -0.0000000488. The molecule has 0 atom stereocenters. The van der Waals surface area contributed by atoms with Crippen molar-refractivity contribution in [2.45, 2.75) is 74.8 Å². The quantitative estimate of drug-likeness (QED) is 0.132. The number of hydrogen-bond acceptors (Lipinski definition) is 8. The van der Waals surface area contributed by atoms with Crippen LogP contribution in [0.1, 0.15) is 71.1 Å². The van der Waals surface area contributed by atoms with E-state index in [1.807, 2.05) is 0 Å². The summed E-state index contributed by atoms with van der Waals surface area (Å²) >= 11 is 1.41. The van der Waals surface area contributed by atoms with E-state index in [-0.39, 0.29) is 24.6 Å². The summed E-state index contributed by atoms with van der Waals surface area (Å²) in [6.45, 7) is 2.29. The van der Waals surface area contributed by atoms with Crippen LogP contribution in [0.5, 0.6) is 0 Å². The molecule has 0 amide bonds. The molecule has 0 bridgehead atoms. The molecule has 0 aliphatic carbocycles. The molecule has 0 rings (SSSR count). The van der Waals surface area contributed by atoms with Crippen molar-refractivity contribution in [2.75, 3.05) is 0 Å². The van der Waals surface area contributed by atoms with E-state index in [0.29, 0.717) is 0 Å². The van der Waals surface area contributed by atoms with Gasteiger partial charge in [0.05, 0.1) is 0 Å². The minimum atomic E-state index is -4.67. The third-order valence-electron chi connectivity index (χ3n) is 2.71. The Kier molecular flexibility index (Phi) is 53.3. The fourth-order valence-corrected chi connectivity index (χ4v) is 2.24. The summed E-state index contributed by atoms with van der Waals surface area (Å²) in [6.07, 6.45) is 14.7. The van der Waals surface area contributed by atoms with Crippen molar-refractivity contribution in [1.29, 1.82) is 0 Å². The van der Waals surface area contributed by atoms with E-state index in [1.165, 1.54) is 95.8 Å². The van der Waals surface area contributed by atoms with Gasteiger partial charge in [-0.3, -0.25) is 18.2 Å². The monoisotopic (exact) mass is 456 g/mol. The summed E-state index contributed by atoms with van der Waals surface area (Å²) in [5.74, 6) is 0. The van der Waals surface area contributed by atoms with Crippen LogP contribution in [0.15, 0.2) is 0 Å². The summed E-state index contributed by atoms with van der Waals surface area (Å²) < 4.78 is 64.7. The molecule has 0 radical (unpaired) electrons. The van der Waals surface area contributed by atoms with Crippen molar-refractivity contribution in [3.05, 3.63) is 0 Å². The van der Waals surface area contributed by atoms with Gasteiger partial charge in [0.2, 0.25) is 0 Å². The van der Waals surface area contributed by atoms with Gasteiger partial charge in [-0.2, -0.15) is 16.8 Å². The first-order chi connectivity index (χ1) is 10.4. The van der Waals surface area contributed by atoms with Crippen molar-refractivity contribution in [2.24, 2.45) is 0 Å². The van der Waals surface area contributed by atoms with E-state index in [2.05, 4.69) is 6.92 Å². The van der Waals surface area contributed by atoms with Gasteiger partial charge in [0.25, 0.3) is 0 Å². The van der Waals surface area contributed by atoms with Crippen LogP contribution in [0.2, 0.25) is 3.67 Å². The van der Waals surface area contributed by atoms with Crippen LogP contribution in [0, 0.1) is 0 Å². The Hall–Kier alpha value is 0.580. The Morgan fingerprint density at radius 3 is 0.926 bits per heavy atom. The standard InChI is InChI=1S/C12H25.4H3N.Na.2H2O4S/c1-3-5-7-9-11-12-10-8-6-4-2;;;;;;2*1-5(2,3)4/h1,3-12H2,2H3;4*1H3;;2*(H2,1,2,3,4). The molecule has 0 saturated carbocycles. The first-order valence-electron chi connectivity index (χ1n) is 7.81. The number of unbranched alkanes of at least 4 members (excludes halogenated alkanes) is 9. The Morgan fingerprint density at radius 2 is 0.741 bits per heavy atom. The molecular weight excluding hydrogens is 415 g/mol. The third-order valence-corrected chi connectivity index (χ3v) is 3.41. The Labute approximate surface area is 182 Å². The SMILES string of the molecule is CCCCCCCCCCC[CH2][Na].N.N.N.N.O=S(=O)(O)O.O=S(=O)(O)O. The second-order valence-corrected chi connectivity index (χ2v) is 7.87. The smallest absolute Gasteiger partial charge is 0.344 e. The van der Waals surface area contributed by atoms with Gasteiger partial charge in [-0.05, 0) is 0 Å². The second-order valence-electron chi connectivity index (χ2n) is 5.08. The molecule has 0 fully saturated rings. The van der Waals surface area contributed by atoms with Crippen LogP contribution in [0.25, 0.3) is 0 Å². The van der Waals surface area contributed by atoms with Crippen LogP contribution < -0.4 is 24.6 Å². The molecule has 27 heavy (non-hydrogen) atoms. The normalized spacial score (nSPS) is 9.44. The van der Waals surface area contributed by atoms with E-state index in [0.717, 1.165) is 0 Å². The van der Waals surface area contributed by atoms with Gasteiger partial charge in [0.1, 0.15) is 0 Å². The molecule has 12 nitrogen and oxygen atoms in total. The van der Waals surface area contributed by atoms with Gasteiger partial charge in [-0.15, -0.1) is 0 Å². The van der Waals surface area contributed by atoms with Crippen molar-refractivity contribution >= 4 is 48.7 Å². The van der Waals surface area contributed by atoms with E-state index < -0.39 is 20.8 Å². The summed E-state index contributed by atoms with van der Waals surface area (Å²) in [4.78, 5) is 0. The average Bonchev–Trinajstić information content (AvgIpc) is 2.33. The molecule has 0 spiro atoms. The third kappa shape index (κ3) is 143. The molecular formula is C12H41N4NaO8S2. The van der Waals surface area contributed by atoms with Crippen LogP contribution in [0.3, 0.4) is 0 Å². The maximum atomic E-state index is 8.74. The Morgan fingerprint density at radius 1 is 0.556 bits per heavy atom.